The molecule has 178 valence electrons. The predicted molar refractivity (Wildman–Crippen MR) is 112 cm³/mol. The molecule has 2 atom stereocenters. The van der Waals surface area contributed by atoms with Crippen LogP contribution in [0.4, 0.5) is 22.4 Å². The molecule has 0 bridgehead atoms. The third kappa shape index (κ3) is 4.85. The molecule has 1 amide bonds. The van der Waals surface area contributed by atoms with E-state index in [1.54, 1.807) is 5.32 Å². The lowest BCUT2D eigenvalue weighted by Crippen LogP contribution is -2.48. The molecule has 2 aromatic heterocycles. The van der Waals surface area contributed by atoms with Crippen LogP contribution in [0.3, 0.4) is 0 Å². The van der Waals surface area contributed by atoms with E-state index in [0.29, 0.717) is 4.47 Å². The van der Waals surface area contributed by atoms with E-state index in [4.69, 9.17) is 14.4 Å². The fourth-order valence-corrected chi connectivity index (χ4v) is 3.59. The number of hydrogen-bond donors (Lipinski definition) is 2. The Balaban J connectivity index is 1.71. The SMILES string of the molecule is C[C@@]1(c2cc(-c3cc(-c4ncc(Br)cn4)no3)ccc2F)C[C@@H](C(F)(F)F)N=C(NC(=O)O)O1. The maximum Gasteiger partial charge on any atom is 0.412 e. The second kappa shape index (κ2) is 8.66. The van der Waals surface area contributed by atoms with Gasteiger partial charge in [-0.2, -0.15) is 13.2 Å². The van der Waals surface area contributed by atoms with Crippen LogP contribution in [0.15, 0.2) is 50.6 Å². The third-order valence-corrected chi connectivity index (χ3v) is 5.36. The van der Waals surface area contributed by atoms with Crippen molar-refractivity contribution in [2.45, 2.75) is 31.2 Å². The van der Waals surface area contributed by atoms with E-state index < -0.39 is 42.2 Å². The number of aliphatic imine (C=N–C) groups is 1. The Labute approximate surface area is 197 Å². The van der Waals surface area contributed by atoms with Gasteiger partial charge in [-0.05, 0) is 41.1 Å². The highest BCUT2D eigenvalue weighted by Gasteiger charge is 2.50. The van der Waals surface area contributed by atoms with E-state index in [0.717, 1.165) is 6.07 Å². The standard InChI is InChI=1S/C20H14BrF4N5O4/c1-19(6-15(20(23,24)25)28-17(33-19)29-18(31)32)11-4-9(2-3-12(11)22)14-5-13(30-34-14)16-26-7-10(21)8-27-16/h2-5,7-8,15H,6H2,1H3,(H,28,29)(H,31,32)/t15-,19-/m0/s1. The average molecular weight is 544 g/mol. The van der Waals surface area contributed by atoms with Gasteiger partial charge in [0.25, 0.3) is 6.02 Å². The van der Waals surface area contributed by atoms with E-state index in [1.807, 2.05) is 0 Å². The van der Waals surface area contributed by atoms with Gasteiger partial charge in [-0.15, -0.1) is 0 Å². The number of carbonyl (C=O) groups is 1. The van der Waals surface area contributed by atoms with Gasteiger partial charge < -0.3 is 14.4 Å². The van der Waals surface area contributed by atoms with Crippen LogP contribution in [0, 0.1) is 5.82 Å². The number of alkyl halides is 3. The summed E-state index contributed by atoms with van der Waals surface area (Å²) in [6, 6.07) is 1.92. The summed E-state index contributed by atoms with van der Waals surface area (Å²) in [5, 5.41) is 14.5. The zero-order valence-electron chi connectivity index (χ0n) is 17.1. The summed E-state index contributed by atoms with van der Waals surface area (Å²) < 4.78 is 66.6. The first kappa shape index (κ1) is 23.6. The quantitative estimate of drug-likeness (QED) is 0.451. The van der Waals surface area contributed by atoms with Crippen LogP contribution in [-0.4, -0.2) is 44.6 Å². The van der Waals surface area contributed by atoms with E-state index in [1.165, 1.54) is 37.5 Å². The number of aromatic nitrogens is 3. The normalized spacial score (nSPS) is 20.4. The largest absolute Gasteiger partial charge is 0.465 e. The molecule has 0 unspecified atom stereocenters. The molecule has 1 aliphatic heterocycles. The Morgan fingerprint density at radius 3 is 2.62 bits per heavy atom. The van der Waals surface area contributed by atoms with Gasteiger partial charge >= 0.3 is 12.3 Å². The van der Waals surface area contributed by atoms with Gasteiger partial charge in [-0.3, -0.25) is 0 Å². The summed E-state index contributed by atoms with van der Waals surface area (Å²) in [7, 11) is 0. The topological polar surface area (TPSA) is 123 Å². The minimum absolute atomic E-state index is 0.173. The zero-order valence-corrected chi connectivity index (χ0v) is 18.7. The van der Waals surface area contributed by atoms with Crippen molar-refractivity contribution in [3.63, 3.8) is 0 Å². The number of amidine groups is 1. The fourth-order valence-electron chi connectivity index (χ4n) is 3.39. The lowest BCUT2D eigenvalue weighted by Gasteiger charge is -2.38. The van der Waals surface area contributed by atoms with Crippen molar-refractivity contribution in [2.24, 2.45) is 4.99 Å². The molecule has 3 heterocycles. The Morgan fingerprint density at radius 1 is 1.26 bits per heavy atom. The highest BCUT2D eigenvalue weighted by atomic mass is 79.9. The van der Waals surface area contributed by atoms with Crippen molar-refractivity contribution in [3.05, 3.63) is 52.5 Å². The number of nitrogens with one attached hydrogen (secondary N) is 1. The minimum Gasteiger partial charge on any atom is -0.465 e. The molecule has 34 heavy (non-hydrogen) atoms. The Morgan fingerprint density at radius 2 is 1.97 bits per heavy atom. The van der Waals surface area contributed by atoms with Gasteiger partial charge in [0, 0.05) is 36.0 Å². The highest BCUT2D eigenvalue weighted by Crippen LogP contribution is 2.42. The maximum absolute atomic E-state index is 14.8. The molecule has 2 N–H and O–H groups in total. The summed E-state index contributed by atoms with van der Waals surface area (Å²) >= 11 is 3.22. The first-order chi connectivity index (χ1) is 15.9. The van der Waals surface area contributed by atoms with Crippen molar-refractivity contribution in [1.82, 2.24) is 20.4 Å². The number of carboxylic acid groups (broad SMARTS) is 1. The van der Waals surface area contributed by atoms with Crippen molar-refractivity contribution in [2.75, 3.05) is 0 Å². The number of rotatable bonds is 3. The number of nitrogens with zero attached hydrogens (tertiary/aromatic N) is 4. The molecule has 0 fully saturated rings. The Hall–Kier alpha value is -3.55. The first-order valence-corrected chi connectivity index (χ1v) is 10.3. The Bertz CT molecular complexity index is 1260. The summed E-state index contributed by atoms with van der Waals surface area (Å²) in [6.07, 6.45) is -4.25. The maximum atomic E-state index is 14.8. The van der Waals surface area contributed by atoms with Gasteiger partial charge in [0.1, 0.15) is 11.4 Å². The molecule has 3 aromatic rings. The first-order valence-electron chi connectivity index (χ1n) is 9.53. The number of hydrogen-bond acceptors (Lipinski definition) is 7. The van der Waals surface area contributed by atoms with Gasteiger partial charge in [-0.25, -0.2) is 29.5 Å². The van der Waals surface area contributed by atoms with E-state index in [9.17, 15) is 22.4 Å². The van der Waals surface area contributed by atoms with Crippen LogP contribution >= 0.6 is 15.9 Å². The molecular formula is C20H14BrF4N5O4. The third-order valence-electron chi connectivity index (χ3n) is 4.95. The summed E-state index contributed by atoms with van der Waals surface area (Å²) in [5.41, 5.74) is -1.59. The summed E-state index contributed by atoms with van der Waals surface area (Å²) in [6.45, 7) is 1.22. The van der Waals surface area contributed by atoms with Gasteiger partial charge in [0.05, 0.1) is 4.47 Å². The van der Waals surface area contributed by atoms with Crippen LogP contribution < -0.4 is 5.32 Å². The molecule has 1 aromatic carbocycles. The van der Waals surface area contributed by atoms with Gasteiger partial charge in [-0.1, -0.05) is 5.16 Å². The molecule has 0 saturated heterocycles. The second-order valence-corrected chi connectivity index (χ2v) is 8.37. The smallest absolute Gasteiger partial charge is 0.412 e. The van der Waals surface area contributed by atoms with Crippen molar-refractivity contribution >= 4 is 28.0 Å². The minimum atomic E-state index is -4.81. The van der Waals surface area contributed by atoms with E-state index in [-0.39, 0.29) is 28.4 Å². The second-order valence-electron chi connectivity index (χ2n) is 7.45. The number of amides is 1. The Kier molecular flexibility index (Phi) is 6.02. The van der Waals surface area contributed by atoms with Crippen molar-refractivity contribution < 1.29 is 36.7 Å². The van der Waals surface area contributed by atoms with Crippen LogP contribution in [0.5, 0.6) is 0 Å². The molecule has 9 nitrogen and oxygen atoms in total. The predicted octanol–water partition coefficient (Wildman–Crippen LogP) is 4.89. The lowest BCUT2D eigenvalue weighted by atomic mass is 9.86. The van der Waals surface area contributed by atoms with E-state index >= 15 is 0 Å². The molecule has 0 aliphatic carbocycles. The molecule has 0 spiro atoms. The van der Waals surface area contributed by atoms with Crippen LogP contribution in [-0.2, 0) is 10.3 Å². The van der Waals surface area contributed by atoms with Crippen LogP contribution in [0.1, 0.15) is 18.9 Å². The fraction of sp³-hybridized carbons (Fsp3) is 0.250. The summed E-state index contributed by atoms with van der Waals surface area (Å²) in [4.78, 5) is 22.4. The molecule has 4 rings (SSSR count). The monoisotopic (exact) mass is 543 g/mol. The van der Waals surface area contributed by atoms with Crippen LogP contribution in [0.25, 0.3) is 22.8 Å². The van der Waals surface area contributed by atoms with Gasteiger partial charge in [0.15, 0.2) is 23.3 Å². The highest BCUT2D eigenvalue weighted by molar-refractivity contribution is 9.10. The molecule has 1 aliphatic rings. The average Bonchev–Trinajstić information content (AvgIpc) is 3.23. The number of benzene rings is 1. The lowest BCUT2D eigenvalue weighted by molar-refractivity contribution is -0.164. The van der Waals surface area contributed by atoms with E-state index in [2.05, 4.69) is 36.0 Å². The zero-order chi connectivity index (χ0) is 24.7. The van der Waals surface area contributed by atoms with Crippen molar-refractivity contribution in [3.8, 4) is 22.8 Å². The van der Waals surface area contributed by atoms with Gasteiger partial charge in [0.2, 0.25) is 0 Å². The molecule has 14 heteroatoms. The molecule has 0 radical (unpaired) electrons. The van der Waals surface area contributed by atoms with Crippen molar-refractivity contribution in [1.29, 1.82) is 0 Å². The number of halogens is 5. The molecular weight excluding hydrogens is 530 g/mol. The summed E-state index contributed by atoms with van der Waals surface area (Å²) in [5.74, 6) is -0.427. The van der Waals surface area contributed by atoms with Crippen LogP contribution in [0.2, 0.25) is 0 Å². The molecule has 0 saturated carbocycles. The number of ether oxygens (including phenoxy) is 1.